The van der Waals surface area contributed by atoms with Crippen LogP contribution in [0.15, 0.2) is 43.0 Å². The van der Waals surface area contributed by atoms with E-state index in [2.05, 4.69) is 56.0 Å². The van der Waals surface area contributed by atoms with E-state index in [0.29, 0.717) is 11.8 Å². The second-order valence-electron chi connectivity index (χ2n) is 3.82. The Morgan fingerprint density at radius 2 is 2.21 bits per heavy atom. The molecule has 0 heterocycles. The molecule has 0 nitrogen and oxygen atoms in total. The molecule has 1 aromatic rings. The molecule has 0 aromatic heterocycles. The van der Waals surface area contributed by atoms with Crippen molar-refractivity contribution in [1.29, 1.82) is 0 Å². The predicted octanol–water partition coefficient (Wildman–Crippen LogP) is 4.01. The van der Waals surface area contributed by atoms with E-state index in [4.69, 9.17) is 0 Å². The molecular formula is C14H16. The molecule has 1 aliphatic rings. The van der Waals surface area contributed by atoms with Crippen molar-refractivity contribution in [3.05, 3.63) is 54.1 Å². The summed E-state index contributed by atoms with van der Waals surface area (Å²) in [4.78, 5) is 0. The molecule has 2 rings (SSSR count). The molecule has 0 spiro atoms. The zero-order chi connectivity index (χ0) is 9.97. The molecular weight excluding hydrogens is 168 g/mol. The van der Waals surface area contributed by atoms with Crippen LogP contribution in [0, 0.1) is 5.92 Å². The van der Waals surface area contributed by atoms with Gasteiger partial charge < -0.3 is 0 Å². The highest BCUT2D eigenvalue weighted by molar-refractivity contribution is 5.62. The summed E-state index contributed by atoms with van der Waals surface area (Å²) in [5.41, 5.74) is 2.83. The zero-order valence-electron chi connectivity index (χ0n) is 8.61. The number of benzene rings is 1. The van der Waals surface area contributed by atoms with Crippen LogP contribution in [-0.2, 0) is 0 Å². The fourth-order valence-electron chi connectivity index (χ4n) is 2.22. The van der Waals surface area contributed by atoms with Crippen LogP contribution in [0.4, 0.5) is 0 Å². The third-order valence-corrected chi connectivity index (χ3v) is 3.07. The highest BCUT2D eigenvalue weighted by atomic mass is 14.3. The van der Waals surface area contributed by atoms with Gasteiger partial charge in [0.1, 0.15) is 0 Å². The van der Waals surface area contributed by atoms with Crippen LogP contribution in [0.25, 0.3) is 6.08 Å². The van der Waals surface area contributed by atoms with Crippen molar-refractivity contribution in [1.82, 2.24) is 0 Å². The van der Waals surface area contributed by atoms with Crippen molar-refractivity contribution in [3.8, 4) is 0 Å². The van der Waals surface area contributed by atoms with Gasteiger partial charge in [0, 0.05) is 5.92 Å². The first kappa shape index (κ1) is 9.26. The summed E-state index contributed by atoms with van der Waals surface area (Å²) in [6, 6.07) is 8.63. The van der Waals surface area contributed by atoms with Crippen LogP contribution in [0.3, 0.4) is 0 Å². The summed E-state index contributed by atoms with van der Waals surface area (Å²) < 4.78 is 0. The van der Waals surface area contributed by atoms with E-state index in [9.17, 15) is 0 Å². The van der Waals surface area contributed by atoms with E-state index in [-0.39, 0.29) is 0 Å². The van der Waals surface area contributed by atoms with Crippen molar-refractivity contribution >= 4 is 6.08 Å². The van der Waals surface area contributed by atoms with E-state index >= 15 is 0 Å². The Bertz CT molecular complexity index is 360. The molecule has 1 aromatic carbocycles. The molecule has 0 radical (unpaired) electrons. The van der Waals surface area contributed by atoms with Gasteiger partial charge in [-0.2, -0.15) is 0 Å². The Balaban J connectivity index is 2.34. The predicted molar refractivity (Wildman–Crippen MR) is 62.2 cm³/mol. The quantitative estimate of drug-likeness (QED) is 0.623. The van der Waals surface area contributed by atoms with Crippen molar-refractivity contribution in [2.75, 3.05) is 0 Å². The van der Waals surface area contributed by atoms with Crippen LogP contribution in [0.2, 0.25) is 0 Å². The average molecular weight is 184 g/mol. The molecule has 0 saturated heterocycles. The number of rotatable bonds is 3. The summed E-state index contributed by atoms with van der Waals surface area (Å²) in [7, 11) is 0. The van der Waals surface area contributed by atoms with Crippen molar-refractivity contribution < 1.29 is 0 Å². The summed E-state index contributed by atoms with van der Waals surface area (Å²) in [5, 5.41) is 0. The van der Waals surface area contributed by atoms with Crippen molar-refractivity contribution in [2.45, 2.75) is 19.3 Å². The minimum Gasteiger partial charge on any atom is -0.103 e. The highest BCUT2D eigenvalue weighted by Gasteiger charge is 2.21. The lowest BCUT2D eigenvalue weighted by Gasteiger charge is -2.18. The molecule has 14 heavy (non-hydrogen) atoms. The topological polar surface area (TPSA) is 0 Å². The van der Waals surface area contributed by atoms with Gasteiger partial charge in [0.05, 0.1) is 0 Å². The molecule has 0 heteroatoms. The molecule has 2 unspecified atom stereocenters. The number of fused-ring (bicyclic) bond motifs is 1. The second kappa shape index (κ2) is 3.83. The molecule has 0 aliphatic heterocycles. The maximum absolute atomic E-state index is 3.92. The number of hydrogen-bond acceptors (Lipinski definition) is 0. The lowest BCUT2D eigenvalue weighted by Crippen LogP contribution is -2.05. The summed E-state index contributed by atoms with van der Waals surface area (Å²) in [5.74, 6) is 1.13. The smallest absolute Gasteiger partial charge is 0.00898 e. The summed E-state index contributed by atoms with van der Waals surface area (Å²) in [6.07, 6.45) is 7.77. The zero-order valence-corrected chi connectivity index (χ0v) is 8.61. The van der Waals surface area contributed by atoms with Gasteiger partial charge in [0.2, 0.25) is 0 Å². The van der Waals surface area contributed by atoms with Gasteiger partial charge in [-0.1, -0.05) is 49.4 Å². The number of allylic oxidation sites excluding steroid dienone is 2. The Morgan fingerprint density at radius 3 is 2.93 bits per heavy atom. The van der Waals surface area contributed by atoms with Crippen LogP contribution >= 0.6 is 0 Å². The van der Waals surface area contributed by atoms with Gasteiger partial charge in [0.15, 0.2) is 0 Å². The Kier molecular flexibility index (Phi) is 2.53. The van der Waals surface area contributed by atoms with Gasteiger partial charge in [-0.25, -0.2) is 0 Å². The Hall–Kier alpha value is -1.30. The molecule has 1 aliphatic carbocycles. The third-order valence-electron chi connectivity index (χ3n) is 3.07. The normalized spacial score (nSPS) is 20.5. The SMILES string of the molecule is C=CC(CC)C1C=Cc2ccccc21. The van der Waals surface area contributed by atoms with E-state index in [0.717, 1.165) is 6.42 Å². The Labute approximate surface area is 86.0 Å². The largest absolute Gasteiger partial charge is 0.103 e. The highest BCUT2D eigenvalue weighted by Crippen LogP contribution is 2.37. The molecule has 0 bridgehead atoms. The van der Waals surface area contributed by atoms with Crippen LogP contribution < -0.4 is 0 Å². The average Bonchev–Trinajstić information content (AvgIpc) is 2.65. The van der Waals surface area contributed by atoms with Crippen molar-refractivity contribution in [2.24, 2.45) is 5.92 Å². The lowest BCUT2D eigenvalue weighted by molar-refractivity contribution is 0.571. The third kappa shape index (κ3) is 1.41. The summed E-state index contributed by atoms with van der Waals surface area (Å²) in [6.45, 7) is 6.14. The van der Waals surface area contributed by atoms with Crippen LogP contribution in [0.5, 0.6) is 0 Å². The van der Waals surface area contributed by atoms with Crippen LogP contribution in [-0.4, -0.2) is 0 Å². The fraction of sp³-hybridized carbons (Fsp3) is 0.286. The molecule has 2 atom stereocenters. The first-order chi connectivity index (χ1) is 6.86. The van der Waals surface area contributed by atoms with Gasteiger partial charge in [-0.3, -0.25) is 0 Å². The first-order valence-electron chi connectivity index (χ1n) is 5.26. The standard InChI is InChI=1S/C14H16/c1-3-11(4-2)14-10-9-12-7-5-6-8-13(12)14/h3,5-11,14H,1,4H2,2H3. The van der Waals surface area contributed by atoms with Crippen LogP contribution in [0.1, 0.15) is 30.4 Å². The molecule has 0 fully saturated rings. The van der Waals surface area contributed by atoms with Gasteiger partial charge in [-0.05, 0) is 23.5 Å². The van der Waals surface area contributed by atoms with E-state index in [1.54, 1.807) is 0 Å². The van der Waals surface area contributed by atoms with Crippen molar-refractivity contribution in [3.63, 3.8) is 0 Å². The first-order valence-corrected chi connectivity index (χ1v) is 5.26. The fourth-order valence-corrected chi connectivity index (χ4v) is 2.22. The second-order valence-corrected chi connectivity index (χ2v) is 3.82. The molecule has 0 saturated carbocycles. The van der Waals surface area contributed by atoms with Gasteiger partial charge in [0.25, 0.3) is 0 Å². The van der Waals surface area contributed by atoms with E-state index < -0.39 is 0 Å². The maximum Gasteiger partial charge on any atom is 0.00898 e. The van der Waals surface area contributed by atoms with Gasteiger partial charge in [-0.15, -0.1) is 6.58 Å². The lowest BCUT2D eigenvalue weighted by atomic mass is 9.86. The Morgan fingerprint density at radius 1 is 1.43 bits per heavy atom. The summed E-state index contributed by atoms with van der Waals surface area (Å²) >= 11 is 0. The molecule has 0 amide bonds. The van der Waals surface area contributed by atoms with E-state index in [1.807, 2.05) is 0 Å². The minimum absolute atomic E-state index is 0.550. The van der Waals surface area contributed by atoms with Gasteiger partial charge >= 0.3 is 0 Å². The maximum atomic E-state index is 3.92. The monoisotopic (exact) mass is 184 g/mol. The molecule has 72 valence electrons. The minimum atomic E-state index is 0.550. The number of hydrogen-bond donors (Lipinski definition) is 0. The van der Waals surface area contributed by atoms with E-state index in [1.165, 1.54) is 11.1 Å². The molecule has 0 N–H and O–H groups in total.